The van der Waals surface area contributed by atoms with E-state index in [0.717, 1.165) is 12.1 Å². The fraction of sp³-hybridized carbons (Fsp3) is 0.294. The average Bonchev–Trinajstić information content (AvgIpc) is 2.39. The molecule has 0 radical (unpaired) electrons. The number of hydrogen-bond acceptors (Lipinski definition) is 2. The van der Waals surface area contributed by atoms with E-state index >= 15 is 0 Å². The topological polar surface area (TPSA) is 23.5 Å². The Morgan fingerprint density at radius 1 is 1.00 bits per heavy atom. The molecule has 0 bridgehead atoms. The van der Waals surface area contributed by atoms with Crippen molar-refractivity contribution in [2.45, 2.75) is 26.1 Å². The monoisotopic (exact) mass is 273 g/mol. The molecule has 0 saturated carbocycles. The van der Waals surface area contributed by atoms with Crippen LogP contribution in [-0.4, -0.2) is 22.7 Å². The van der Waals surface area contributed by atoms with Gasteiger partial charge < -0.3 is 5.11 Å². The smallest absolute Gasteiger partial charge is 0.123 e. The first kappa shape index (κ1) is 14.7. The van der Waals surface area contributed by atoms with E-state index in [4.69, 9.17) is 0 Å². The highest BCUT2D eigenvalue weighted by Crippen LogP contribution is 2.11. The summed E-state index contributed by atoms with van der Waals surface area (Å²) in [6.45, 7) is 3.69. The van der Waals surface area contributed by atoms with Crippen LogP contribution < -0.4 is 0 Å². The van der Waals surface area contributed by atoms with Crippen molar-refractivity contribution in [2.24, 2.45) is 0 Å². The lowest BCUT2D eigenvalue weighted by Gasteiger charge is -2.24. The lowest BCUT2D eigenvalue weighted by Crippen LogP contribution is -2.30. The summed E-state index contributed by atoms with van der Waals surface area (Å²) < 4.78 is 13.2. The Labute approximate surface area is 119 Å². The van der Waals surface area contributed by atoms with Crippen LogP contribution in [0.2, 0.25) is 0 Å². The van der Waals surface area contributed by atoms with Crippen molar-refractivity contribution >= 4 is 0 Å². The van der Waals surface area contributed by atoms with E-state index in [1.165, 1.54) is 11.6 Å². The van der Waals surface area contributed by atoms with Gasteiger partial charge in [0.05, 0.1) is 6.10 Å². The summed E-state index contributed by atoms with van der Waals surface area (Å²) >= 11 is 0. The zero-order valence-electron chi connectivity index (χ0n) is 11.7. The fourth-order valence-electron chi connectivity index (χ4n) is 2.29. The first-order chi connectivity index (χ1) is 9.63. The molecule has 1 N–H and O–H groups in total. The van der Waals surface area contributed by atoms with Crippen molar-refractivity contribution < 1.29 is 9.50 Å². The van der Waals surface area contributed by atoms with E-state index in [0.29, 0.717) is 13.1 Å². The lowest BCUT2D eigenvalue weighted by molar-refractivity contribution is 0.118. The normalized spacial score (nSPS) is 12.6. The van der Waals surface area contributed by atoms with Crippen LogP contribution in [0.4, 0.5) is 4.39 Å². The number of rotatable bonds is 6. The van der Waals surface area contributed by atoms with Gasteiger partial charge >= 0.3 is 0 Å². The number of aliphatic hydroxyl groups is 1. The molecule has 2 aromatic carbocycles. The highest BCUT2D eigenvalue weighted by atomic mass is 19.1. The molecule has 2 aromatic rings. The zero-order chi connectivity index (χ0) is 14.4. The lowest BCUT2D eigenvalue weighted by atomic mass is 10.1. The number of halogens is 1. The molecule has 1 unspecified atom stereocenters. The Morgan fingerprint density at radius 3 is 2.30 bits per heavy atom. The molecule has 0 spiro atoms. The second kappa shape index (κ2) is 7.17. The molecular weight excluding hydrogens is 253 g/mol. The van der Waals surface area contributed by atoms with E-state index in [2.05, 4.69) is 17.0 Å². The number of nitrogens with zero attached hydrogens (tertiary/aromatic N) is 1. The van der Waals surface area contributed by atoms with Gasteiger partial charge in [-0.25, -0.2) is 4.39 Å². The molecule has 2 nitrogen and oxygen atoms in total. The first-order valence-corrected chi connectivity index (χ1v) is 6.82. The predicted molar refractivity (Wildman–Crippen MR) is 78.6 cm³/mol. The second-order valence-corrected chi connectivity index (χ2v) is 5.13. The molecule has 106 valence electrons. The third kappa shape index (κ3) is 4.76. The molecule has 0 fully saturated rings. The van der Waals surface area contributed by atoms with E-state index in [9.17, 15) is 9.50 Å². The van der Waals surface area contributed by atoms with Crippen molar-refractivity contribution in [1.82, 2.24) is 4.90 Å². The average molecular weight is 273 g/mol. The quantitative estimate of drug-likeness (QED) is 0.873. The summed E-state index contributed by atoms with van der Waals surface area (Å²) in [5.74, 6) is -0.223. The molecule has 20 heavy (non-hydrogen) atoms. The zero-order valence-corrected chi connectivity index (χ0v) is 11.7. The van der Waals surface area contributed by atoms with Crippen molar-refractivity contribution in [3.05, 3.63) is 71.5 Å². The van der Waals surface area contributed by atoms with Gasteiger partial charge in [0.25, 0.3) is 0 Å². The van der Waals surface area contributed by atoms with Crippen LogP contribution >= 0.6 is 0 Å². The van der Waals surface area contributed by atoms with Crippen LogP contribution in [-0.2, 0) is 13.1 Å². The highest BCUT2D eigenvalue weighted by Gasteiger charge is 2.10. The maximum atomic E-state index is 13.2. The summed E-state index contributed by atoms with van der Waals surface area (Å²) in [6.07, 6.45) is -0.410. The van der Waals surface area contributed by atoms with Gasteiger partial charge in [0, 0.05) is 19.6 Å². The van der Waals surface area contributed by atoms with Gasteiger partial charge in [-0.3, -0.25) is 4.90 Å². The third-order valence-electron chi connectivity index (χ3n) is 3.07. The van der Waals surface area contributed by atoms with Crippen molar-refractivity contribution in [3.8, 4) is 0 Å². The SMILES string of the molecule is CC(O)CN(Cc1ccccc1)Cc1cccc(F)c1. The van der Waals surface area contributed by atoms with Crippen LogP contribution in [0.25, 0.3) is 0 Å². The maximum Gasteiger partial charge on any atom is 0.123 e. The Kier molecular flexibility index (Phi) is 5.27. The predicted octanol–water partition coefficient (Wildman–Crippen LogP) is 3.21. The van der Waals surface area contributed by atoms with Gasteiger partial charge in [0.15, 0.2) is 0 Å². The van der Waals surface area contributed by atoms with Gasteiger partial charge in [-0.2, -0.15) is 0 Å². The molecular formula is C17H20FNO. The molecule has 0 aliphatic heterocycles. The second-order valence-electron chi connectivity index (χ2n) is 5.13. The summed E-state index contributed by atoms with van der Waals surface area (Å²) in [6, 6.07) is 16.7. The van der Waals surface area contributed by atoms with Gasteiger partial charge in [0.1, 0.15) is 5.82 Å². The van der Waals surface area contributed by atoms with Crippen LogP contribution in [0.15, 0.2) is 54.6 Å². The Bertz CT molecular complexity index is 528. The van der Waals surface area contributed by atoms with Crippen molar-refractivity contribution in [2.75, 3.05) is 6.54 Å². The van der Waals surface area contributed by atoms with Gasteiger partial charge in [-0.15, -0.1) is 0 Å². The summed E-state index contributed by atoms with van der Waals surface area (Å²) in [5.41, 5.74) is 2.10. The van der Waals surface area contributed by atoms with E-state index < -0.39 is 6.10 Å². The minimum absolute atomic E-state index is 0.223. The van der Waals surface area contributed by atoms with Gasteiger partial charge in [-0.1, -0.05) is 42.5 Å². The fourth-order valence-corrected chi connectivity index (χ4v) is 2.29. The molecule has 0 aliphatic carbocycles. The Balaban J connectivity index is 2.07. The number of aliphatic hydroxyl groups excluding tert-OH is 1. The number of hydrogen-bond donors (Lipinski definition) is 1. The van der Waals surface area contributed by atoms with E-state index in [-0.39, 0.29) is 5.82 Å². The Morgan fingerprint density at radius 2 is 1.65 bits per heavy atom. The molecule has 3 heteroatoms. The van der Waals surface area contributed by atoms with E-state index in [1.807, 2.05) is 24.3 Å². The van der Waals surface area contributed by atoms with Crippen molar-refractivity contribution in [1.29, 1.82) is 0 Å². The van der Waals surface area contributed by atoms with Crippen molar-refractivity contribution in [3.63, 3.8) is 0 Å². The number of benzene rings is 2. The summed E-state index contributed by atoms with van der Waals surface area (Å²) in [4.78, 5) is 2.12. The molecule has 0 saturated heterocycles. The summed E-state index contributed by atoms with van der Waals surface area (Å²) in [5, 5.41) is 9.62. The minimum atomic E-state index is -0.410. The highest BCUT2D eigenvalue weighted by molar-refractivity contribution is 5.18. The molecule has 0 aromatic heterocycles. The van der Waals surface area contributed by atoms with Crippen LogP contribution in [0, 0.1) is 5.82 Å². The largest absolute Gasteiger partial charge is 0.392 e. The van der Waals surface area contributed by atoms with E-state index in [1.54, 1.807) is 19.1 Å². The molecule has 0 heterocycles. The maximum absolute atomic E-state index is 13.2. The standard InChI is InChI=1S/C17H20FNO/c1-14(20)11-19(12-15-6-3-2-4-7-15)13-16-8-5-9-17(18)10-16/h2-10,14,20H,11-13H2,1H3. The first-order valence-electron chi connectivity index (χ1n) is 6.82. The van der Waals surface area contributed by atoms with Crippen LogP contribution in [0.1, 0.15) is 18.1 Å². The summed E-state index contributed by atoms with van der Waals surface area (Å²) in [7, 11) is 0. The Hall–Kier alpha value is -1.71. The van der Waals surface area contributed by atoms with Crippen LogP contribution in [0.3, 0.4) is 0 Å². The molecule has 0 amide bonds. The third-order valence-corrected chi connectivity index (χ3v) is 3.07. The molecule has 0 aliphatic rings. The molecule has 2 rings (SSSR count). The van der Waals surface area contributed by atoms with Gasteiger partial charge in [-0.05, 0) is 30.2 Å². The van der Waals surface area contributed by atoms with Gasteiger partial charge in [0.2, 0.25) is 0 Å². The minimum Gasteiger partial charge on any atom is -0.392 e. The van der Waals surface area contributed by atoms with Crippen LogP contribution in [0.5, 0.6) is 0 Å². The molecule has 1 atom stereocenters.